The third kappa shape index (κ3) is 5.33. The van der Waals surface area contributed by atoms with Crippen LogP contribution >= 0.6 is 0 Å². The second-order valence-electron chi connectivity index (χ2n) is 5.00. The molecule has 0 bridgehead atoms. The van der Waals surface area contributed by atoms with Gasteiger partial charge in [0, 0.05) is 5.69 Å². The van der Waals surface area contributed by atoms with Gasteiger partial charge in [-0.2, -0.15) is 18.3 Å². The Balaban J connectivity index is 1.93. The van der Waals surface area contributed by atoms with E-state index in [9.17, 15) is 22.8 Å². The van der Waals surface area contributed by atoms with Crippen molar-refractivity contribution < 1.29 is 27.5 Å². The number of carbonyl (C=O) groups excluding carboxylic acids is 2. The summed E-state index contributed by atoms with van der Waals surface area (Å²) < 4.78 is 42.9. The zero-order valence-electron chi connectivity index (χ0n) is 13.5. The van der Waals surface area contributed by atoms with Gasteiger partial charge in [-0.25, -0.2) is 5.43 Å². The van der Waals surface area contributed by atoms with Crippen molar-refractivity contribution in [1.82, 2.24) is 5.43 Å². The number of anilines is 1. The number of rotatable bonds is 4. The van der Waals surface area contributed by atoms with Gasteiger partial charge in [0.05, 0.1) is 18.9 Å². The second-order valence-corrected chi connectivity index (χ2v) is 5.00. The van der Waals surface area contributed by atoms with Gasteiger partial charge < -0.3 is 10.1 Å². The predicted octanol–water partition coefficient (Wildman–Crippen LogP) is 2.80. The van der Waals surface area contributed by atoms with Gasteiger partial charge >= 0.3 is 18.0 Å². The van der Waals surface area contributed by atoms with E-state index in [0.29, 0.717) is 11.3 Å². The summed E-state index contributed by atoms with van der Waals surface area (Å²) in [5, 5.41) is 5.69. The fourth-order valence-corrected chi connectivity index (χ4v) is 1.87. The first-order chi connectivity index (χ1) is 12.3. The van der Waals surface area contributed by atoms with Gasteiger partial charge in [0.25, 0.3) is 0 Å². The first kappa shape index (κ1) is 19.0. The lowest BCUT2D eigenvalue weighted by Gasteiger charge is -2.09. The molecule has 0 radical (unpaired) electrons. The molecule has 6 nitrogen and oxygen atoms in total. The molecule has 0 saturated heterocycles. The molecule has 0 aliphatic rings. The molecule has 0 aromatic heterocycles. The molecule has 0 spiro atoms. The summed E-state index contributed by atoms with van der Waals surface area (Å²) in [4.78, 5) is 23.3. The zero-order valence-corrected chi connectivity index (χ0v) is 13.5. The molecule has 0 atom stereocenters. The van der Waals surface area contributed by atoms with E-state index in [2.05, 4.69) is 10.4 Å². The van der Waals surface area contributed by atoms with Crippen LogP contribution in [0.15, 0.2) is 53.6 Å². The Morgan fingerprint density at radius 2 is 1.77 bits per heavy atom. The number of methoxy groups -OCH3 is 1. The smallest absolute Gasteiger partial charge is 0.416 e. The van der Waals surface area contributed by atoms with Gasteiger partial charge in [-0.05, 0) is 48.0 Å². The van der Waals surface area contributed by atoms with Crippen LogP contribution in [0, 0.1) is 0 Å². The fraction of sp³-hybridized carbons (Fsp3) is 0.118. The largest absolute Gasteiger partial charge is 0.497 e. The minimum atomic E-state index is -4.55. The van der Waals surface area contributed by atoms with Gasteiger partial charge in [-0.1, -0.05) is 6.07 Å². The molecule has 0 fully saturated rings. The monoisotopic (exact) mass is 365 g/mol. The highest BCUT2D eigenvalue weighted by atomic mass is 19.4. The number of amides is 2. The second kappa shape index (κ2) is 8.15. The van der Waals surface area contributed by atoms with Crippen LogP contribution in [0.2, 0.25) is 0 Å². The number of alkyl halides is 3. The van der Waals surface area contributed by atoms with Gasteiger partial charge in [0.2, 0.25) is 0 Å². The number of hydrazone groups is 1. The van der Waals surface area contributed by atoms with E-state index in [1.807, 2.05) is 5.43 Å². The molecule has 2 N–H and O–H groups in total. The van der Waals surface area contributed by atoms with Gasteiger partial charge in [-0.15, -0.1) is 0 Å². The lowest BCUT2D eigenvalue weighted by atomic mass is 10.2. The molecule has 26 heavy (non-hydrogen) atoms. The van der Waals surface area contributed by atoms with Gasteiger partial charge in [-0.3, -0.25) is 9.59 Å². The number of benzene rings is 2. The summed E-state index contributed by atoms with van der Waals surface area (Å²) in [5.41, 5.74) is 1.54. The lowest BCUT2D eigenvalue weighted by molar-refractivity contribution is -0.137. The van der Waals surface area contributed by atoms with Crippen molar-refractivity contribution in [3.63, 3.8) is 0 Å². The van der Waals surface area contributed by atoms with Crippen molar-refractivity contribution in [1.29, 1.82) is 0 Å². The molecule has 136 valence electrons. The molecule has 0 aliphatic carbocycles. The Kier molecular flexibility index (Phi) is 5.94. The van der Waals surface area contributed by atoms with Crippen molar-refractivity contribution in [2.45, 2.75) is 6.18 Å². The van der Waals surface area contributed by atoms with E-state index in [-0.39, 0.29) is 5.69 Å². The molecular weight excluding hydrogens is 351 g/mol. The van der Waals surface area contributed by atoms with Gasteiger partial charge in [0.15, 0.2) is 0 Å². The van der Waals surface area contributed by atoms with E-state index in [0.717, 1.165) is 18.2 Å². The van der Waals surface area contributed by atoms with Crippen LogP contribution in [0.4, 0.5) is 18.9 Å². The first-order valence-electron chi connectivity index (χ1n) is 7.25. The fourth-order valence-electron chi connectivity index (χ4n) is 1.87. The summed E-state index contributed by atoms with van der Waals surface area (Å²) in [5.74, 6) is -1.62. The SMILES string of the molecule is COc1ccc(/C=N\NC(=O)C(=O)Nc2cccc(C(F)(F)F)c2)cc1. The molecule has 0 saturated carbocycles. The van der Waals surface area contributed by atoms with Crippen LogP contribution in [0.5, 0.6) is 5.75 Å². The van der Waals surface area contributed by atoms with Crippen LogP contribution < -0.4 is 15.5 Å². The van der Waals surface area contributed by atoms with Gasteiger partial charge in [0.1, 0.15) is 5.75 Å². The average molecular weight is 365 g/mol. The number of hydrogen-bond donors (Lipinski definition) is 2. The highest BCUT2D eigenvalue weighted by Crippen LogP contribution is 2.30. The standard InChI is InChI=1S/C17H14F3N3O3/c1-26-14-7-5-11(6-8-14)10-21-23-16(25)15(24)22-13-4-2-3-12(9-13)17(18,19)20/h2-10H,1H3,(H,22,24)(H,23,25)/b21-10-. The van der Waals surface area contributed by atoms with Crippen molar-refractivity contribution in [2.75, 3.05) is 12.4 Å². The molecule has 9 heteroatoms. The predicted molar refractivity (Wildman–Crippen MR) is 88.8 cm³/mol. The van der Waals surface area contributed by atoms with E-state index < -0.39 is 23.6 Å². The van der Waals surface area contributed by atoms with Crippen LogP contribution in [0.1, 0.15) is 11.1 Å². The third-order valence-electron chi connectivity index (χ3n) is 3.15. The molecule has 2 aromatic rings. The zero-order chi connectivity index (χ0) is 19.2. The quantitative estimate of drug-likeness (QED) is 0.497. The maximum Gasteiger partial charge on any atom is 0.416 e. The third-order valence-corrected chi connectivity index (χ3v) is 3.15. The Bertz CT molecular complexity index is 818. The number of nitrogens with one attached hydrogen (secondary N) is 2. The van der Waals surface area contributed by atoms with Crippen molar-refractivity contribution in [2.24, 2.45) is 5.10 Å². The summed E-state index contributed by atoms with van der Waals surface area (Å²) in [6.45, 7) is 0. The van der Waals surface area contributed by atoms with Crippen molar-refractivity contribution in [3.05, 3.63) is 59.7 Å². The highest BCUT2D eigenvalue weighted by Gasteiger charge is 2.30. The highest BCUT2D eigenvalue weighted by molar-refractivity contribution is 6.39. The number of carbonyl (C=O) groups is 2. The molecule has 2 rings (SSSR count). The number of hydrogen-bond acceptors (Lipinski definition) is 4. The van der Waals surface area contributed by atoms with Crippen LogP contribution in [0.3, 0.4) is 0 Å². The number of ether oxygens (including phenoxy) is 1. The Hall–Kier alpha value is -3.36. The lowest BCUT2D eigenvalue weighted by Crippen LogP contribution is -2.32. The minimum absolute atomic E-state index is 0.154. The molecule has 0 aliphatic heterocycles. The molecular formula is C17H14F3N3O3. The van der Waals surface area contributed by atoms with Crippen LogP contribution in [-0.2, 0) is 15.8 Å². The van der Waals surface area contributed by atoms with Crippen LogP contribution in [0.25, 0.3) is 0 Å². The molecule has 0 unspecified atom stereocenters. The summed E-state index contributed by atoms with van der Waals surface area (Å²) in [7, 11) is 1.52. The van der Waals surface area contributed by atoms with E-state index >= 15 is 0 Å². The minimum Gasteiger partial charge on any atom is -0.497 e. The van der Waals surface area contributed by atoms with Crippen LogP contribution in [-0.4, -0.2) is 25.1 Å². The van der Waals surface area contributed by atoms with E-state index in [1.54, 1.807) is 24.3 Å². The summed E-state index contributed by atoms with van der Waals surface area (Å²) in [6.07, 6.45) is -3.25. The summed E-state index contributed by atoms with van der Waals surface area (Å²) in [6, 6.07) is 10.7. The maximum absolute atomic E-state index is 12.6. The Morgan fingerprint density at radius 1 is 1.08 bits per heavy atom. The molecule has 2 aromatic carbocycles. The Labute approximate surface area is 146 Å². The maximum atomic E-state index is 12.6. The Morgan fingerprint density at radius 3 is 2.38 bits per heavy atom. The topological polar surface area (TPSA) is 79.8 Å². The number of nitrogens with zero attached hydrogens (tertiary/aromatic N) is 1. The average Bonchev–Trinajstić information content (AvgIpc) is 2.61. The summed E-state index contributed by atoms with van der Waals surface area (Å²) >= 11 is 0. The van der Waals surface area contributed by atoms with Crippen molar-refractivity contribution in [3.8, 4) is 5.75 Å². The normalized spacial score (nSPS) is 11.2. The van der Waals surface area contributed by atoms with E-state index in [1.165, 1.54) is 19.4 Å². The molecule has 2 amide bonds. The molecule has 0 heterocycles. The number of halogens is 3. The first-order valence-corrected chi connectivity index (χ1v) is 7.25. The van der Waals surface area contributed by atoms with E-state index in [4.69, 9.17) is 4.74 Å². The van der Waals surface area contributed by atoms with Crippen molar-refractivity contribution >= 4 is 23.7 Å².